The van der Waals surface area contributed by atoms with Gasteiger partial charge in [0.15, 0.2) is 0 Å². The van der Waals surface area contributed by atoms with Crippen LogP contribution >= 0.6 is 11.5 Å². The summed E-state index contributed by atoms with van der Waals surface area (Å²) >= 11 is 1.06. The second-order valence-corrected chi connectivity index (χ2v) is 5.22. The van der Waals surface area contributed by atoms with E-state index in [2.05, 4.69) is 14.9 Å². The lowest BCUT2D eigenvalue weighted by atomic mass is 10.3. The van der Waals surface area contributed by atoms with Crippen molar-refractivity contribution < 1.29 is 9.53 Å². The van der Waals surface area contributed by atoms with Crippen LogP contribution in [-0.2, 0) is 6.54 Å². The van der Waals surface area contributed by atoms with Crippen LogP contribution in [0.25, 0.3) is 0 Å². The SMILES string of the molecule is COc1cc(C)n(CCNC(=O)c2snnc2C)c(=O)c1. The Morgan fingerprint density at radius 3 is 2.76 bits per heavy atom. The number of aromatic nitrogens is 3. The topological polar surface area (TPSA) is 86.1 Å². The molecule has 0 aliphatic carbocycles. The fraction of sp³-hybridized carbons (Fsp3) is 0.385. The van der Waals surface area contributed by atoms with Crippen molar-refractivity contribution >= 4 is 17.4 Å². The Labute approximate surface area is 125 Å². The zero-order valence-corrected chi connectivity index (χ0v) is 12.9. The number of aryl methyl sites for hydroxylation is 2. The summed E-state index contributed by atoms with van der Waals surface area (Å²) in [5.41, 5.74) is 1.23. The van der Waals surface area contributed by atoms with Crippen molar-refractivity contribution in [2.45, 2.75) is 20.4 Å². The van der Waals surface area contributed by atoms with Gasteiger partial charge >= 0.3 is 0 Å². The van der Waals surface area contributed by atoms with Crippen molar-refractivity contribution in [1.29, 1.82) is 0 Å². The number of nitrogens with zero attached hydrogens (tertiary/aromatic N) is 3. The first-order valence-electron chi connectivity index (χ1n) is 6.35. The molecule has 2 heterocycles. The molecule has 0 saturated heterocycles. The van der Waals surface area contributed by atoms with E-state index in [1.165, 1.54) is 13.2 Å². The van der Waals surface area contributed by atoms with E-state index >= 15 is 0 Å². The third-order valence-corrected chi connectivity index (χ3v) is 3.85. The summed E-state index contributed by atoms with van der Waals surface area (Å²) in [6, 6.07) is 3.20. The normalized spacial score (nSPS) is 10.4. The van der Waals surface area contributed by atoms with Crippen molar-refractivity contribution in [2.75, 3.05) is 13.7 Å². The van der Waals surface area contributed by atoms with Crippen molar-refractivity contribution in [3.05, 3.63) is 38.8 Å². The number of carbonyl (C=O) groups excluding carboxylic acids is 1. The van der Waals surface area contributed by atoms with Gasteiger partial charge in [0.05, 0.1) is 12.8 Å². The molecule has 0 atom stereocenters. The molecular formula is C13H16N4O3S. The predicted octanol–water partition coefficient (Wildman–Crippen LogP) is 0.755. The highest BCUT2D eigenvalue weighted by Crippen LogP contribution is 2.09. The van der Waals surface area contributed by atoms with Gasteiger partial charge in [-0.1, -0.05) is 4.49 Å². The van der Waals surface area contributed by atoms with Crippen LogP contribution in [0, 0.1) is 13.8 Å². The Kier molecular flexibility index (Phi) is 4.69. The summed E-state index contributed by atoms with van der Waals surface area (Å²) in [7, 11) is 1.52. The minimum Gasteiger partial charge on any atom is -0.496 e. The van der Waals surface area contributed by atoms with Crippen LogP contribution in [0.4, 0.5) is 0 Å². The van der Waals surface area contributed by atoms with Gasteiger partial charge in [0, 0.05) is 24.8 Å². The minimum absolute atomic E-state index is 0.156. The summed E-state index contributed by atoms with van der Waals surface area (Å²) in [4.78, 5) is 24.3. The first-order valence-corrected chi connectivity index (χ1v) is 7.13. The lowest BCUT2D eigenvalue weighted by Gasteiger charge is -2.11. The molecule has 0 aliphatic rings. The van der Waals surface area contributed by atoms with E-state index in [1.54, 1.807) is 17.6 Å². The zero-order chi connectivity index (χ0) is 15.4. The van der Waals surface area contributed by atoms with Crippen LogP contribution in [-0.4, -0.2) is 33.7 Å². The minimum atomic E-state index is -0.221. The standard InChI is InChI=1S/C13H16N4O3S/c1-8-6-10(20-3)7-11(18)17(8)5-4-14-13(19)12-9(2)15-16-21-12/h6-7H,4-5H2,1-3H3,(H,14,19). The number of ether oxygens (including phenoxy) is 1. The molecule has 0 aromatic carbocycles. The highest BCUT2D eigenvalue weighted by atomic mass is 32.1. The molecule has 1 amide bonds. The van der Waals surface area contributed by atoms with E-state index in [-0.39, 0.29) is 11.5 Å². The third kappa shape index (κ3) is 3.46. The maximum absolute atomic E-state index is 11.9. The van der Waals surface area contributed by atoms with Gasteiger partial charge in [0.2, 0.25) is 0 Å². The molecule has 0 unspecified atom stereocenters. The number of hydrogen-bond acceptors (Lipinski definition) is 6. The van der Waals surface area contributed by atoms with Crippen LogP contribution in [0.15, 0.2) is 16.9 Å². The quantitative estimate of drug-likeness (QED) is 0.881. The Morgan fingerprint density at radius 2 is 2.19 bits per heavy atom. The van der Waals surface area contributed by atoms with Gasteiger partial charge in [0.25, 0.3) is 11.5 Å². The molecule has 21 heavy (non-hydrogen) atoms. The molecule has 0 bridgehead atoms. The molecule has 0 spiro atoms. The maximum Gasteiger partial charge on any atom is 0.265 e. The van der Waals surface area contributed by atoms with Crippen molar-refractivity contribution in [1.82, 2.24) is 19.5 Å². The van der Waals surface area contributed by atoms with Gasteiger partial charge in [-0.3, -0.25) is 9.59 Å². The number of amides is 1. The molecule has 2 rings (SSSR count). The van der Waals surface area contributed by atoms with Crippen molar-refractivity contribution in [3.8, 4) is 5.75 Å². The van der Waals surface area contributed by atoms with Gasteiger partial charge in [-0.15, -0.1) is 5.10 Å². The van der Waals surface area contributed by atoms with Crippen molar-refractivity contribution in [2.24, 2.45) is 0 Å². The van der Waals surface area contributed by atoms with Crippen LogP contribution in [0.5, 0.6) is 5.75 Å². The summed E-state index contributed by atoms with van der Waals surface area (Å²) in [6.07, 6.45) is 0. The molecule has 0 aliphatic heterocycles. The molecule has 1 N–H and O–H groups in total. The lowest BCUT2D eigenvalue weighted by Crippen LogP contribution is -2.31. The second kappa shape index (κ2) is 6.49. The van der Waals surface area contributed by atoms with E-state index in [0.29, 0.717) is 29.4 Å². The Bertz CT molecular complexity index is 708. The molecule has 2 aromatic rings. The zero-order valence-electron chi connectivity index (χ0n) is 12.0. The first-order chi connectivity index (χ1) is 10.0. The van der Waals surface area contributed by atoms with E-state index in [9.17, 15) is 9.59 Å². The summed E-state index contributed by atoms with van der Waals surface area (Å²) in [6.45, 7) is 4.30. The fourth-order valence-corrected chi connectivity index (χ4v) is 2.48. The highest BCUT2D eigenvalue weighted by Gasteiger charge is 2.12. The summed E-state index contributed by atoms with van der Waals surface area (Å²) in [5, 5.41) is 6.55. The van der Waals surface area contributed by atoms with Gasteiger partial charge in [0.1, 0.15) is 10.6 Å². The monoisotopic (exact) mass is 308 g/mol. The Hall–Kier alpha value is -2.22. The molecular weight excluding hydrogens is 292 g/mol. The molecule has 7 nitrogen and oxygen atoms in total. The van der Waals surface area contributed by atoms with E-state index in [1.807, 2.05) is 6.92 Å². The lowest BCUT2D eigenvalue weighted by molar-refractivity contribution is 0.0955. The molecule has 0 radical (unpaired) electrons. The molecule has 112 valence electrons. The maximum atomic E-state index is 11.9. The Morgan fingerprint density at radius 1 is 1.43 bits per heavy atom. The van der Waals surface area contributed by atoms with E-state index in [0.717, 1.165) is 17.2 Å². The molecule has 0 saturated carbocycles. The van der Waals surface area contributed by atoms with E-state index in [4.69, 9.17) is 4.74 Å². The van der Waals surface area contributed by atoms with Crippen LogP contribution in [0.2, 0.25) is 0 Å². The van der Waals surface area contributed by atoms with Crippen LogP contribution in [0.1, 0.15) is 21.1 Å². The number of carbonyl (C=O) groups is 1. The molecule has 8 heteroatoms. The van der Waals surface area contributed by atoms with Crippen molar-refractivity contribution in [3.63, 3.8) is 0 Å². The number of rotatable bonds is 5. The highest BCUT2D eigenvalue weighted by molar-refractivity contribution is 7.07. The number of pyridine rings is 1. The van der Waals surface area contributed by atoms with E-state index < -0.39 is 0 Å². The average molecular weight is 308 g/mol. The summed E-state index contributed by atoms with van der Waals surface area (Å²) < 4.78 is 10.3. The average Bonchev–Trinajstić information content (AvgIpc) is 2.87. The third-order valence-electron chi connectivity index (χ3n) is 3.02. The second-order valence-electron chi connectivity index (χ2n) is 4.47. The van der Waals surface area contributed by atoms with Gasteiger partial charge in [-0.25, -0.2) is 0 Å². The largest absolute Gasteiger partial charge is 0.496 e. The first kappa shape index (κ1) is 15.2. The number of hydrogen-bond donors (Lipinski definition) is 1. The Balaban J connectivity index is 2.00. The predicted molar refractivity (Wildman–Crippen MR) is 79.0 cm³/mol. The van der Waals surface area contributed by atoms with Crippen LogP contribution < -0.4 is 15.6 Å². The number of nitrogens with one attached hydrogen (secondary N) is 1. The summed E-state index contributed by atoms with van der Waals surface area (Å²) in [5.74, 6) is 0.311. The van der Waals surface area contributed by atoms with Gasteiger partial charge in [-0.2, -0.15) is 0 Å². The fourth-order valence-electron chi connectivity index (χ4n) is 1.90. The molecule has 2 aromatic heterocycles. The van der Waals surface area contributed by atoms with Gasteiger partial charge in [-0.05, 0) is 31.4 Å². The van der Waals surface area contributed by atoms with Crippen LogP contribution in [0.3, 0.4) is 0 Å². The number of methoxy groups -OCH3 is 1. The van der Waals surface area contributed by atoms with Gasteiger partial charge < -0.3 is 14.6 Å². The smallest absolute Gasteiger partial charge is 0.265 e. The molecule has 0 fully saturated rings.